The lowest BCUT2D eigenvalue weighted by Gasteiger charge is -2.33. The van der Waals surface area contributed by atoms with Crippen molar-refractivity contribution in [2.24, 2.45) is 5.92 Å². The van der Waals surface area contributed by atoms with E-state index in [0.29, 0.717) is 12.1 Å². The maximum Gasteiger partial charge on any atom is 0.0784 e. The number of likely N-dealkylation sites (tertiary alicyclic amines) is 1. The Kier molecular flexibility index (Phi) is 4.75. The van der Waals surface area contributed by atoms with E-state index in [1.807, 2.05) is 0 Å². The van der Waals surface area contributed by atoms with E-state index in [0.717, 1.165) is 38.5 Å². The van der Waals surface area contributed by atoms with E-state index in [1.54, 1.807) is 0 Å². The van der Waals surface area contributed by atoms with E-state index < -0.39 is 0 Å². The topological polar surface area (TPSA) is 33.8 Å². The van der Waals surface area contributed by atoms with Gasteiger partial charge in [0.25, 0.3) is 0 Å². The predicted octanol–water partition coefficient (Wildman–Crippen LogP) is 3.05. The van der Waals surface area contributed by atoms with Gasteiger partial charge in [-0.05, 0) is 24.3 Å². The van der Waals surface area contributed by atoms with Gasteiger partial charge in [-0.2, -0.15) is 0 Å². The largest absolute Gasteiger partial charge is 0.301 e. The molecule has 30 heavy (non-hydrogen) atoms. The SMILES string of the molecule is c1ccc(CN2C[C@@H]3[C@H](C2)N(CC2CC2)CCC2=C(c4ccccc4)NNN23)cc1. The zero-order chi connectivity index (χ0) is 19.9. The number of hydrogen-bond acceptors (Lipinski definition) is 5. The van der Waals surface area contributed by atoms with Crippen LogP contribution in [0.1, 0.15) is 30.4 Å². The molecular formula is C25H31N5. The summed E-state index contributed by atoms with van der Waals surface area (Å²) in [5.74, 6) is 0.926. The molecule has 0 spiro atoms. The second-order valence-corrected chi connectivity index (χ2v) is 9.30. The van der Waals surface area contributed by atoms with Crippen molar-refractivity contribution in [2.45, 2.75) is 37.9 Å². The van der Waals surface area contributed by atoms with E-state index in [4.69, 9.17) is 0 Å². The van der Waals surface area contributed by atoms with Crippen LogP contribution >= 0.6 is 0 Å². The summed E-state index contributed by atoms with van der Waals surface area (Å²) in [5, 5.41) is 2.46. The number of benzene rings is 2. The number of hydrazine groups is 2. The molecule has 0 radical (unpaired) electrons. The molecule has 2 aromatic carbocycles. The van der Waals surface area contributed by atoms with E-state index in [1.165, 1.54) is 41.9 Å². The summed E-state index contributed by atoms with van der Waals surface area (Å²) >= 11 is 0. The van der Waals surface area contributed by atoms with Crippen molar-refractivity contribution < 1.29 is 0 Å². The van der Waals surface area contributed by atoms with Crippen LogP contribution in [0.25, 0.3) is 5.70 Å². The summed E-state index contributed by atoms with van der Waals surface area (Å²) in [6, 6.07) is 22.7. The molecule has 2 atom stereocenters. The Morgan fingerprint density at radius 1 is 0.867 bits per heavy atom. The van der Waals surface area contributed by atoms with Gasteiger partial charge in [-0.25, -0.2) is 0 Å². The van der Waals surface area contributed by atoms with E-state index in [-0.39, 0.29) is 0 Å². The first-order valence-corrected chi connectivity index (χ1v) is 11.4. The second-order valence-electron chi connectivity index (χ2n) is 9.30. The quantitative estimate of drug-likeness (QED) is 0.805. The van der Waals surface area contributed by atoms with E-state index >= 15 is 0 Å². The summed E-state index contributed by atoms with van der Waals surface area (Å²) in [4.78, 5) is 5.46. The lowest BCUT2D eigenvalue weighted by molar-refractivity contribution is 0.122. The molecule has 156 valence electrons. The van der Waals surface area contributed by atoms with E-state index in [2.05, 4.69) is 86.4 Å². The third-order valence-corrected chi connectivity index (χ3v) is 7.15. The van der Waals surface area contributed by atoms with Gasteiger partial charge in [0.1, 0.15) is 0 Å². The summed E-state index contributed by atoms with van der Waals surface area (Å²) in [6.45, 7) is 5.72. The van der Waals surface area contributed by atoms with Crippen molar-refractivity contribution in [3.05, 3.63) is 77.5 Å². The molecular weight excluding hydrogens is 370 g/mol. The van der Waals surface area contributed by atoms with Crippen molar-refractivity contribution in [3.8, 4) is 0 Å². The van der Waals surface area contributed by atoms with Crippen LogP contribution in [0, 0.1) is 5.92 Å². The van der Waals surface area contributed by atoms with Gasteiger partial charge in [-0.1, -0.05) is 60.7 Å². The van der Waals surface area contributed by atoms with Gasteiger partial charge in [0.05, 0.1) is 17.4 Å². The summed E-state index contributed by atoms with van der Waals surface area (Å²) < 4.78 is 0. The molecule has 3 aliphatic heterocycles. The molecule has 3 heterocycles. The van der Waals surface area contributed by atoms with Gasteiger partial charge in [0, 0.05) is 50.7 Å². The van der Waals surface area contributed by atoms with Crippen LogP contribution in [0.5, 0.6) is 0 Å². The zero-order valence-electron chi connectivity index (χ0n) is 17.5. The fourth-order valence-corrected chi connectivity index (χ4v) is 5.45. The minimum atomic E-state index is 0.471. The summed E-state index contributed by atoms with van der Waals surface area (Å²) in [6.07, 6.45) is 3.94. The van der Waals surface area contributed by atoms with Crippen molar-refractivity contribution in [2.75, 3.05) is 26.2 Å². The Morgan fingerprint density at radius 3 is 2.37 bits per heavy atom. The molecule has 2 aromatic rings. The van der Waals surface area contributed by atoms with Crippen molar-refractivity contribution >= 4 is 5.70 Å². The third-order valence-electron chi connectivity index (χ3n) is 7.15. The first-order chi connectivity index (χ1) is 14.8. The number of nitrogens with one attached hydrogen (secondary N) is 2. The first kappa shape index (κ1) is 18.4. The molecule has 5 heteroatoms. The Balaban J connectivity index is 1.29. The molecule has 6 rings (SSSR count). The standard InChI is InChI=1S/C25H31N5/c1-3-7-19(8-4-1)15-28-17-23-24(18-28)30-22(13-14-29(23)16-20-11-12-20)25(26-27-30)21-9-5-2-6-10-21/h1-10,20,23-24,26-27H,11-18H2/t23-,24+/m0/s1. The fraction of sp³-hybridized carbons (Fsp3) is 0.440. The molecule has 0 amide bonds. The smallest absolute Gasteiger partial charge is 0.0784 e. The first-order valence-electron chi connectivity index (χ1n) is 11.4. The van der Waals surface area contributed by atoms with Gasteiger partial charge >= 0.3 is 0 Å². The Labute approximate surface area is 179 Å². The molecule has 2 saturated heterocycles. The Hall–Kier alpha value is -2.34. The maximum absolute atomic E-state index is 3.55. The van der Waals surface area contributed by atoms with Gasteiger partial charge in [0.15, 0.2) is 0 Å². The van der Waals surface area contributed by atoms with Crippen LogP contribution in [0.4, 0.5) is 0 Å². The molecule has 5 nitrogen and oxygen atoms in total. The predicted molar refractivity (Wildman–Crippen MR) is 120 cm³/mol. The number of nitrogens with zero attached hydrogens (tertiary/aromatic N) is 3. The summed E-state index contributed by atoms with van der Waals surface area (Å²) in [5.41, 5.74) is 12.4. The van der Waals surface area contributed by atoms with Gasteiger partial charge in [0.2, 0.25) is 0 Å². The monoisotopic (exact) mass is 401 g/mol. The lowest BCUT2D eigenvalue weighted by Crippen LogP contribution is -2.53. The third kappa shape index (κ3) is 3.51. The van der Waals surface area contributed by atoms with Crippen LogP contribution in [-0.2, 0) is 6.54 Å². The van der Waals surface area contributed by atoms with Crippen molar-refractivity contribution in [1.29, 1.82) is 0 Å². The molecule has 4 aliphatic rings. The molecule has 1 saturated carbocycles. The lowest BCUT2D eigenvalue weighted by atomic mass is 10.1. The highest BCUT2D eigenvalue weighted by atomic mass is 15.7. The molecule has 0 unspecified atom stereocenters. The maximum atomic E-state index is 3.55. The minimum Gasteiger partial charge on any atom is -0.301 e. The van der Waals surface area contributed by atoms with E-state index in [9.17, 15) is 0 Å². The van der Waals surface area contributed by atoms with Gasteiger partial charge in [-0.15, -0.1) is 5.53 Å². The molecule has 1 aliphatic carbocycles. The normalized spacial score (nSPS) is 27.0. The van der Waals surface area contributed by atoms with Crippen LogP contribution in [0.3, 0.4) is 0 Å². The Bertz CT molecular complexity index is 908. The van der Waals surface area contributed by atoms with Crippen LogP contribution in [0.15, 0.2) is 66.4 Å². The minimum absolute atomic E-state index is 0.471. The summed E-state index contributed by atoms with van der Waals surface area (Å²) in [7, 11) is 0. The number of hydrogen-bond donors (Lipinski definition) is 2. The number of rotatable bonds is 5. The zero-order valence-corrected chi connectivity index (χ0v) is 17.5. The highest BCUT2D eigenvalue weighted by molar-refractivity contribution is 5.68. The van der Waals surface area contributed by atoms with Gasteiger partial charge < -0.3 is 5.43 Å². The Morgan fingerprint density at radius 2 is 1.60 bits per heavy atom. The average molecular weight is 402 g/mol. The average Bonchev–Trinajstić information content (AvgIpc) is 3.39. The van der Waals surface area contributed by atoms with Crippen molar-refractivity contribution in [1.82, 2.24) is 25.8 Å². The highest BCUT2D eigenvalue weighted by Gasteiger charge is 2.46. The fourth-order valence-electron chi connectivity index (χ4n) is 5.45. The number of fused-ring (bicyclic) bond motifs is 3. The van der Waals surface area contributed by atoms with Crippen LogP contribution in [-0.4, -0.2) is 53.1 Å². The van der Waals surface area contributed by atoms with Crippen molar-refractivity contribution in [3.63, 3.8) is 0 Å². The molecule has 0 bridgehead atoms. The highest BCUT2D eigenvalue weighted by Crippen LogP contribution is 2.37. The van der Waals surface area contributed by atoms with Crippen LogP contribution < -0.4 is 11.0 Å². The molecule has 2 N–H and O–H groups in total. The molecule has 3 fully saturated rings. The second kappa shape index (κ2) is 7.73. The van der Waals surface area contributed by atoms with Crippen LogP contribution in [0.2, 0.25) is 0 Å². The van der Waals surface area contributed by atoms with Gasteiger partial charge in [-0.3, -0.25) is 14.8 Å². The molecule has 0 aromatic heterocycles.